The fourth-order valence-corrected chi connectivity index (χ4v) is 4.96. The van der Waals surface area contributed by atoms with Gasteiger partial charge < -0.3 is 64.5 Å². The molecule has 2 saturated heterocycles. The topological polar surface area (TPSA) is 208 Å². The Morgan fingerprint density at radius 2 is 1.49 bits per heavy atom. The molecule has 2 heterocycles. The fourth-order valence-electron chi connectivity index (χ4n) is 4.32. The largest absolute Gasteiger partial charge is 0.394 e. The lowest BCUT2D eigenvalue weighted by Gasteiger charge is -2.58. The van der Waals surface area contributed by atoms with Gasteiger partial charge in [-0.1, -0.05) is 20.8 Å². The summed E-state index contributed by atoms with van der Waals surface area (Å²) < 4.78 is 27.0. The quantitative estimate of drug-likeness (QED) is 0.0625. The minimum Gasteiger partial charge on any atom is -0.394 e. The van der Waals surface area contributed by atoms with Gasteiger partial charge in [0.25, 0.3) is 0 Å². The molecular weight excluding hydrogens is 536 g/mol. The summed E-state index contributed by atoms with van der Waals surface area (Å²) in [4.78, 5) is 0. The van der Waals surface area contributed by atoms with Gasteiger partial charge in [-0.05, 0) is 5.41 Å². The van der Waals surface area contributed by atoms with E-state index < -0.39 is 79.4 Å². The summed E-state index contributed by atoms with van der Waals surface area (Å²) in [6.07, 6.45) is -13.1. The third-order valence-corrected chi connectivity index (χ3v) is 8.49. The van der Waals surface area contributed by atoms with Gasteiger partial charge in [0.2, 0.25) is 0 Å². The Hall–Kier alpha value is 0.180. The Bertz CT molecular complexity index is 700. The summed E-state index contributed by atoms with van der Waals surface area (Å²) >= 11 is 8.90. The normalized spacial score (nSPS) is 40.9. The van der Waals surface area contributed by atoms with Crippen molar-refractivity contribution in [2.75, 3.05) is 46.2 Å². The number of aliphatic hydroxyl groups is 8. The molecule has 2 unspecified atom stereocenters. The molecule has 2 aliphatic heterocycles. The summed E-state index contributed by atoms with van der Waals surface area (Å²) in [6, 6.07) is 0. The maximum atomic E-state index is 11.5. The van der Waals surface area contributed by atoms with Crippen LogP contribution in [0.5, 0.6) is 0 Å². The molecule has 11 atom stereocenters. The van der Waals surface area contributed by atoms with Crippen LogP contribution in [0, 0.1) is 5.41 Å². The van der Waals surface area contributed by atoms with Crippen LogP contribution in [0.15, 0.2) is 0 Å². The lowest BCUT2D eigenvalue weighted by atomic mass is 9.66. The molecule has 0 radical (unpaired) electrons. The summed E-state index contributed by atoms with van der Waals surface area (Å²) in [6.45, 7) is 3.86. The van der Waals surface area contributed by atoms with Gasteiger partial charge >= 0.3 is 0 Å². The van der Waals surface area contributed by atoms with Crippen molar-refractivity contribution in [1.29, 1.82) is 0 Å². The van der Waals surface area contributed by atoms with Crippen LogP contribution in [-0.2, 0) is 23.7 Å². The Morgan fingerprint density at radius 3 is 2.05 bits per heavy atom. The van der Waals surface area contributed by atoms with E-state index in [2.05, 4.69) is 25.3 Å². The second-order valence-corrected chi connectivity index (χ2v) is 11.4. The van der Waals surface area contributed by atoms with Gasteiger partial charge in [-0.2, -0.15) is 12.6 Å². The third kappa shape index (κ3) is 6.92. The zero-order valence-corrected chi connectivity index (χ0v) is 22.9. The molecule has 13 nitrogen and oxygen atoms in total. The van der Waals surface area contributed by atoms with Crippen molar-refractivity contribution in [2.45, 2.75) is 85.6 Å². The summed E-state index contributed by atoms with van der Waals surface area (Å²) in [5, 5.41) is 84.1. The van der Waals surface area contributed by atoms with E-state index in [4.69, 9.17) is 23.7 Å². The highest BCUT2D eigenvalue weighted by molar-refractivity contribution is 7.85. The zero-order chi connectivity index (χ0) is 28.2. The molecule has 0 aromatic rings. The van der Waals surface area contributed by atoms with Gasteiger partial charge in [0.15, 0.2) is 17.5 Å². The smallest absolute Gasteiger partial charge is 0.192 e. The van der Waals surface area contributed by atoms with Crippen molar-refractivity contribution in [3.63, 3.8) is 0 Å². The first-order chi connectivity index (χ1) is 17.2. The van der Waals surface area contributed by atoms with Gasteiger partial charge in [-0.3, -0.25) is 0 Å². The van der Waals surface area contributed by atoms with Crippen molar-refractivity contribution < 1.29 is 64.5 Å². The molecule has 2 rings (SSSR count). The maximum Gasteiger partial charge on any atom is 0.192 e. The number of ether oxygens (including phenoxy) is 5. The SMILES string of the molecule is CC(C)(C)C(S)C(S)OCCOCCO[C@H]1O[C@H](CO)[C@H](O)[C@H](O)[C@]1(O)[C@]1(O)[C@@H](O)CO[C@H](CO)[C@@H]1O. The third-order valence-electron chi connectivity index (χ3n) is 6.76. The van der Waals surface area contributed by atoms with Crippen LogP contribution in [0.3, 0.4) is 0 Å². The van der Waals surface area contributed by atoms with E-state index in [1.54, 1.807) is 0 Å². The molecule has 2 aliphatic rings. The Morgan fingerprint density at radius 1 is 0.892 bits per heavy atom. The Labute approximate surface area is 227 Å². The van der Waals surface area contributed by atoms with Crippen molar-refractivity contribution in [2.24, 2.45) is 5.41 Å². The Balaban J connectivity index is 2.05. The van der Waals surface area contributed by atoms with E-state index >= 15 is 0 Å². The summed E-state index contributed by atoms with van der Waals surface area (Å²) in [5.41, 5.74) is -6.56. The lowest BCUT2D eigenvalue weighted by molar-refractivity contribution is -0.413. The van der Waals surface area contributed by atoms with Crippen LogP contribution in [-0.4, -0.2) is 152 Å². The summed E-state index contributed by atoms with van der Waals surface area (Å²) in [5.74, 6) is 0. The molecule has 37 heavy (non-hydrogen) atoms. The highest BCUT2D eigenvalue weighted by atomic mass is 32.1. The monoisotopic (exact) mass is 578 g/mol. The fraction of sp³-hybridized carbons (Fsp3) is 1.00. The van der Waals surface area contributed by atoms with Crippen LogP contribution in [0.4, 0.5) is 0 Å². The number of thiol groups is 2. The molecule has 0 aliphatic carbocycles. The second-order valence-electron chi connectivity index (χ2n) is 10.3. The molecule has 15 heteroatoms. The first-order valence-electron chi connectivity index (χ1n) is 12.0. The van der Waals surface area contributed by atoms with Crippen molar-refractivity contribution in [1.82, 2.24) is 0 Å². The molecule has 8 N–H and O–H groups in total. The molecule has 0 aromatic carbocycles. The number of aliphatic hydroxyl groups excluding tert-OH is 6. The number of hydrogen-bond acceptors (Lipinski definition) is 15. The van der Waals surface area contributed by atoms with E-state index in [0.29, 0.717) is 0 Å². The van der Waals surface area contributed by atoms with Crippen LogP contribution in [0.25, 0.3) is 0 Å². The highest BCUT2D eigenvalue weighted by Crippen LogP contribution is 2.45. The number of hydrogen-bond donors (Lipinski definition) is 10. The van der Waals surface area contributed by atoms with Crippen LogP contribution >= 0.6 is 25.3 Å². The van der Waals surface area contributed by atoms with Gasteiger partial charge in [0, 0.05) is 5.25 Å². The highest BCUT2D eigenvalue weighted by Gasteiger charge is 2.72. The maximum absolute atomic E-state index is 11.5. The second kappa shape index (κ2) is 13.7. The van der Waals surface area contributed by atoms with Gasteiger partial charge in [0.05, 0.1) is 46.2 Å². The van der Waals surface area contributed by atoms with E-state index in [-0.39, 0.29) is 37.1 Å². The molecule has 0 bridgehead atoms. The van der Waals surface area contributed by atoms with Gasteiger partial charge in [-0.25, -0.2) is 0 Å². The molecule has 0 saturated carbocycles. The van der Waals surface area contributed by atoms with Crippen molar-refractivity contribution in [3.8, 4) is 0 Å². The standard InChI is InChI=1S/C22H42O13S2/c1-20(2,3)17(36)18(37)32-6-4-31-5-7-33-19-22(30,16(28)14(26)11(8-23)35-19)21(29)13(25)10-34-12(9-24)15(21)27/h11-19,23-30,36-37H,4-10H2,1-3H3/t11-,12-,13+,14+,15+,16+,17?,18?,19+,21+,22-/m1/s1. The van der Waals surface area contributed by atoms with Crippen molar-refractivity contribution in [3.05, 3.63) is 0 Å². The summed E-state index contributed by atoms with van der Waals surface area (Å²) in [7, 11) is 0. The molecular formula is C22H42O13S2. The lowest BCUT2D eigenvalue weighted by Crippen LogP contribution is -2.84. The first kappa shape index (κ1) is 33.4. The molecule has 0 aromatic heterocycles. The van der Waals surface area contributed by atoms with E-state index in [1.807, 2.05) is 20.8 Å². The molecule has 0 amide bonds. The van der Waals surface area contributed by atoms with Crippen molar-refractivity contribution >= 4 is 25.3 Å². The minimum absolute atomic E-state index is 0.0610. The van der Waals surface area contributed by atoms with Gasteiger partial charge in [-0.15, -0.1) is 12.6 Å². The van der Waals surface area contributed by atoms with Crippen LogP contribution < -0.4 is 0 Å². The zero-order valence-electron chi connectivity index (χ0n) is 21.2. The molecule has 220 valence electrons. The first-order valence-corrected chi connectivity index (χ1v) is 13.0. The molecule has 2 fully saturated rings. The van der Waals surface area contributed by atoms with E-state index in [9.17, 15) is 40.9 Å². The van der Waals surface area contributed by atoms with E-state index in [0.717, 1.165) is 0 Å². The minimum atomic E-state index is -3.02. The average molecular weight is 579 g/mol. The molecule has 0 spiro atoms. The predicted molar refractivity (Wildman–Crippen MR) is 134 cm³/mol. The number of rotatable bonds is 12. The average Bonchev–Trinajstić information content (AvgIpc) is 2.85. The van der Waals surface area contributed by atoms with Crippen LogP contribution in [0.2, 0.25) is 0 Å². The predicted octanol–water partition coefficient (Wildman–Crippen LogP) is -3.35. The van der Waals surface area contributed by atoms with Gasteiger partial charge in [0.1, 0.15) is 42.1 Å². The Kier molecular flexibility index (Phi) is 12.4. The van der Waals surface area contributed by atoms with Crippen LogP contribution in [0.1, 0.15) is 20.8 Å². The van der Waals surface area contributed by atoms with E-state index in [1.165, 1.54) is 0 Å².